The van der Waals surface area contributed by atoms with E-state index in [1.54, 1.807) is 0 Å². The Kier molecular flexibility index (Phi) is 8.83. The summed E-state index contributed by atoms with van der Waals surface area (Å²) < 4.78 is 12.8. The van der Waals surface area contributed by atoms with Gasteiger partial charge >= 0.3 is 0 Å². The van der Waals surface area contributed by atoms with Crippen molar-refractivity contribution in [3.05, 3.63) is 237 Å². The van der Waals surface area contributed by atoms with E-state index < -0.39 is 0 Å². The molecule has 0 amide bonds. The fourth-order valence-corrected chi connectivity index (χ4v) is 9.12. The Hall–Kier alpha value is -8.40. The molecule has 2 aromatic heterocycles. The van der Waals surface area contributed by atoms with E-state index in [-0.39, 0.29) is 0 Å². The molecule has 0 aliphatic carbocycles. The van der Waals surface area contributed by atoms with Crippen LogP contribution in [-0.4, -0.2) is 0 Å². The molecular weight excluding hydrogens is 767 g/mol. The average molecular weight is 806 g/mol. The summed E-state index contributed by atoms with van der Waals surface area (Å²) in [5.74, 6) is 0. The Morgan fingerprint density at radius 1 is 0.222 bits per heavy atom. The van der Waals surface area contributed by atoms with Crippen LogP contribution in [0.25, 0.3) is 99.5 Å². The first-order valence-electron chi connectivity index (χ1n) is 21.4. The summed E-state index contributed by atoms with van der Waals surface area (Å²) >= 11 is 0. The van der Waals surface area contributed by atoms with Gasteiger partial charge in [0.2, 0.25) is 0 Å². The molecular formula is C60H39NO2. The number of para-hydroxylation sites is 4. The highest BCUT2D eigenvalue weighted by Gasteiger charge is 2.17. The van der Waals surface area contributed by atoms with E-state index in [0.29, 0.717) is 0 Å². The van der Waals surface area contributed by atoms with Crippen LogP contribution < -0.4 is 4.90 Å². The minimum atomic E-state index is 0.901. The van der Waals surface area contributed by atoms with Gasteiger partial charge in [0, 0.05) is 49.7 Å². The van der Waals surface area contributed by atoms with Crippen molar-refractivity contribution in [3.63, 3.8) is 0 Å². The summed E-state index contributed by atoms with van der Waals surface area (Å²) in [7, 11) is 0. The van der Waals surface area contributed by atoms with Gasteiger partial charge in [-0.25, -0.2) is 0 Å². The maximum absolute atomic E-state index is 6.42. The Labute approximate surface area is 365 Å². The van der Waals surface area contributed by atoms with Gasteiger partial charge in [-0.2, -0.15) is 0 Å². The van der Waals surface area contributed by atoms with Crippen molar-refractivity contribution in [2.45, 2.75) is 0 Å². The van der Waals surface area contributed by atoms with Crippen LogP contribution in [0.1, 0.15) is 0 Å². The molecule has 10 aromatic carbocycles. The molecule has 0 radical (unpaired) electrons. The largest absolute Gasteiger partial charge is 0.455 e. The fraction of sp³-hybridized carbons (Fsp3) is 0. The lowest BCUT2D eigenvalue weighted by Crippen LogP contribution is -2.09. The van der Waals surface area contributed by atoms with Crippen molar-refractivity contribution >= 4 is 60.9 Å². The van der Waals surface area contributed by atoms with Gasteiger partial charge in [0.05, 0.1) is 0 Å². The molecule has 0 spiro atoms. The van der Waals surface area contributed by atoms with Crippen LogP contribution in [0.3, 0.4) is 0 Å². The first-order valence-corrected chi connectivity index (χ1v) is 21.4. The number of benzene rings is 10. The predicted molar refractivity (Wildman–Crippen MR) is 263 cm³/mol. The highest BCUT2D eigenvalue weighted by atomic mass is 16.3. The Morgan fingerprint density at radius 2 is 0.524 bits per heavy atom. The Balaban J connectivity index is 0.878. The lowest BCUT2D eigenvalue weighted by Gasteiger charge is -2.26. The zero-order valence-corrected chi connectivity index (χ0v) is 34.3. The van der Waals surface area contributed by atoms with Crippen molar-refractivity contribution in [1.29, 1.82) is 0 Å². The molecule has 2 heterocycles. The van der Waals surface area contributed by atoms with Crippen molar-refractivity contribution < 1.29 is 8.83 Å². The monoisotopic (exact) mass is 805 g/mol. The molecule has 0 saturated heterocycles. The van der Waals surface area contributed by atoms with Crippen LogP contribution in [0.5, 0.6) is 0 Å². The molecule has 3 heteroatoms. The molecule has 12 rings (SSSR count). The molecule has 3 nitrogen and oxygen atoms in total. The summed E-state index contributed by atoms with van der Waals surface area (Å²) in [5, 5.41) is 4.54. The van der Waals surface area contributed by atoms with Crippen molar-refractivity contribution in [2.75, 3.05) is 4.90 Å². The number of hydrogen-bond donors (Lipinski definition) is 0. The number of hydrogen-bond acceptors (Lipinski definition) is 3. The first-order chi connectivity index (χ1) is 31.2. The van der Waals surface area contributed by atoms with Crippen molar-refractivity contribution in [2.24, 2.45) is 0 Å². The summed E-state index contributed by atoms with van der Waals surface area (Å²) in [5.41, 5.74) is 18.3. The zero-order chi connectivity index (χ0) is 41.7. The lowest BCUT2D eigenvalue weighted by molar-refractivity contribution is 0.669. The fourth-order valence-electron chi connectivity index (χ4n) is 9.12. The molecule has 0 atom stereocenters. The quantitative estimate of drug-likeness (QED) is 0.153. The van der Waals surface area contributed by atoms with E-state index in [0.717, 1.165) is 94.3 Å². The zero-order valence-electron chi connectivity index (χ0n) is 34.3. The van der Waals surface area contributed by atoms with Crippen molar-refractivity contribution in [3.8, 4) is 55.6 Å². The summed E-state index contributed by atoms with van der Waals surface area (Å²) in [6.07, 6.45) is 0. The second-order valence-electron chi connectivity index (χ2n) is 16.1. The van der Waals surface area contributed by atoms with E-state index in [9.17, 15) is 0 Å². The molecule has 0 unspecified atom stereocenters. The maximum Gasteiger partial charge on any atom is 0.143 e. The second-order valence-corrected chi connectivity index (χ2v) is 16.1. The number of nitrogens with zero attached hydrogens (tertiary/aromatic N) is 1. The highest BCUT2D eigenvalue weighted by molar-refractivity contribution is 6.10. The van der Waals surface area contributed by atoms with Crippen LogP contribution in [0, 0.1) is 0 Å². The number of fused-ring (bicyclic) bond motifs is 6. The van der Waals surface area contributed by atoms with E-state index in [4.69, 9.17) is 8.83 Å². The summed E-state index contributed by atoms with van der Waals surface area (Å²) in [4.78, 5) is 2.33. The maximum atomic E-state index is 6.42. The minimum Gasteiger partial charge on any atom is -0.455 e. The first kappa shape index (κ1) is 36.5. The lowest BCUT2D eigenvalue weighted by atomic mass is 9.98. The molecule has 0 saturated carbocycles. The Bertz CT molecular complexity index is 3560. The van der Waals surface area contributed by atoms with Gasteiger partial charge in [-0.3, -0.25) is 0 Å². The normalized spacial score (nSPS) is 11.5. The van der Waals surface area contributed by atoms with Crippen molar-refractivity contribution in [1.82, 2.24) is 0 Å². The third kappa shape index (κ3) is 6.55. The van der Waals surface area contributed by atoms with E-state index in [1.807, 2.05) is 24.3 Å². The Morgan fingerprint density at radius 3 is 0.937 bits per heavy atom. The molecule has 0 aliphatic rings. The van der Waals surface area contributed by atoms with Gasteiger partial charge in [0.15, 0.2) is 0 Å². The molecule has 12 aromatic rings. The van der Waals surface area contributed by atoms with Crippen LogP contribution in [0.4, 0.5) is 17.1 Å². The summed E-state index contributed by atoms with van der Waals surface area (Å²) in [6.45, 7) is 0. The predicted octanol–water partition coefficient (Wildman–Crippen LogP) is 17.3. The van der Waals surface area contributed by atoms with Crippen LogP contribution in [0.2, 0.25) is 0 Å². The van der Waals surface area contributed by atoms with Gasteiger partial charge < -0.3 is 13.7 Å². The second kappa shape index (κ2) is 15.3. The van der Waals surface area contributed by atoms with Gasteiger partial charge in [-0.1, -0.05) is 188 Å². The van der Waals surface area contributed by atoms with Gasteiger partial charge in [0.1, 0.15) is 22.3 Å². The van der Waals surface area contributed by atoms with Gasteiger partial charge in [-0.15, -0.1) is 0 Å². The van der Waals surface area contributed by atoms with E-state index in [1.165, 1.54) is 22.3 Å². The molecule has 0 aliphatic heterocycles. The minimum absolute atomic E-state index is 0.901. The van der Waals surface area contributed by atoms with Gasteiger partial charge in [0.25, 0.3) is 0 Å². The van der Waals surface area contributed by atoms with Gasteiger partial charge in [-0.05, 0) is 93.0 Å². The smallest absolute Gasteiger partial charge is 0.143 e. The standard InChI is InChI=1S/C60H39NO2/c1-2-10-40(11-3-1)41-20-22-42(23-21-41)44-28-34-48(35-29-44)61(50-38-32-47(33-39-50)52-15-9-17-56-54-13-5-7-19-58(54)63-60(52)56)49-36-30-45(31-37-49)43-24-26-46(27-25-43)51-14-8-16-55-53-12-4-6-18-57(53)62-59(51)55/h1-39H. The molecule has 0 fully saturated rings. The third-order valence-electron chi connectivity index (χ3n) is 12.4. The number of furan rings is 2. The van der Waals surface area contributed by atoms with Crippen LogP contribution >= 0.6 is 0 Å². The number of anilines is 3. The average Bonchev–Trinajstić information content (AvgIpc) is 3.94. The summed E-state index contributed by atoms with van der Waals surface area (Å²) in [6, 6.07) is 84.0. The molecule has 0 bridgehead atoms. The van der Waals surface area contributed by atoms with E-state index >= 15 is 0 Å². The number of rotatable bonds is 8. The molecule has 0 N–H and O–H groups in total. The van der Waals surface area contributed by atoms with E-state index in [2.05, 4.69) is 217 Å². The van der Waals surface area contributed by atoms with Crippen LogP contribution in [-0.2, 0) is 0 Å². The topological polar surface area (TPSA) is 29.5 Å². The molecule has 296 valence electrons. The highest BCUT2D eigenvalue weighted by Crippen LogP contribution is 2.41. The van der Waals surface area contributed by atoms with Crippen LogP contribution in [0.15, 0.2) is 245 Å². The SMILES string of the molecule is c1ccc(-c2ccc(-c3ccc(N(c4ccc(-c5ccc(-c6cccc7c6oc6ccccc67)cc5)cc4)c4ccc(-c5cccc6c5oc5ccccc56)cc4)cc3)cc2)cc1. The molecule has 63 heavy (non-hydrogen) atoms. The third-order valence-corrected chi connectivity index (χ3v) is 12.4.